The summed E-state index contributed by atoms with van der Waals surface area (Å²) in [6.45, 7) is 0. The first kappa shape index (κ1) is 13.9. The molecule has 104 valence electrons. The predicted octanol–water partition coefficient (Wildman–Crippen LogP) is 1.41. The van der Waals surface area contributed by atoms with E-state index in [-0.39, 0.29) is 22.0 Å². The summed E-state index contributed by atoms with van der Waals surface area (Å²) in [5, 5.41) is 22.3. The Kier molecular flexibility index (Phi) is 3.90. The molecule has 0 fully saturated rings. The lowest BCUT2D eigenvalue weighted by Crippen LogP contribution is -2.18. The number of nitrogens with zero attached hydrogens (tertiary/aromatic N) is 1. The van der Waals surface area contributed by atoms with Gasteiger partial charge in [0.2, 0.25) is 0 Å². The number of sulfonamides is 1. The molecule has 20 heavy (non-hydrogen) atoms. The molecular formula is C13H12N2O4S. The molecule has 0 saturated carbocycles. The van der Waals surface area contributed by atoms with Crippen LogP contribution in [0.3, 0.4) is 0 Å². The number of hydrazone groups is 1. The van der Waals surface area contributed by atoms with Gasteiger partial charge in [-0.05, 0) is 30.3 Å². The van der Waals surface area contributed by atoms with Crippen LogP contribution in [0.4, 0.5) is 0 Å². The Morgan fingerprint density at radius 1 is 1.05 bits per heavy atom. The van der Waals surface area contributed by atoms with Gasteiger partial charge in [0.25, 0.3) is 10.0 Å². The summed E-state index contributed by atoms with van der Waals surface area (Å²) < 4.78 is 23.7. The minimum Gasteiger partial charge on any atom is -0.508 e. The average Bonchev–Trinajstić information content (AvgIpc) is 2.43. The molecule has 2 rings (SSSR count). The second-order valence-electron chi connectivity index (χ2n) is 3.91. The minimum absolute atomic E-state index is 0.0600. The van der Waals surface area contributed by atoms with E-state index >= 15 is 0 Å². The fourth-order valence-electron chi connectivity index (χ4n) is 1.46. The van der Waals surface area contributed by atoms with E-state index in [4.69, 9.17) is 0 Å². The zero-order valence-electron chi connectivity index (χ0n) is 10.3. The van der Waals surface area contributed by atoms with Crippen molar-refractivity contribution in [2.75, 3.05) is 0 Å². The lowest BCUT2D eigenvalue weighted by atomic mass is 10.2. The van der Waals surface area contributed by atoms with Gasteiger partial charge in [-0.1, -0.05) is 18.2 Å². The monoisotopic (exact) mass is 292 g/mol. The molecule has 0 unspecified atom stereocenters. The Morgan fingerprint density at radius 2 is 1.75 bits per heavy atom. The van der Waals surface area contributed by atoms with Crippen LogP contribution < -0.4 is 4.83 Å². The number of benzene rings is 2. The van der Waals surface area contributed by atoms with E-state index in [1.165, 1.54) is 30.3 Å². The molecule has 0 aliphatic rings. The van der Waals surface area contributed by atoms with Crippen LogP contribution in [0.2, 0.25) is 0 Å². The molecule has 2 aromatic rings. The van der Waals surface area contributed by atoms with Crippen molar-refractivity contribution in [2.24, 2.45) is 5.10 Å². The summed E-state index contributed by atoms with van der Waals surface area (Å²) in [7, 11) is -3.75. The molecule has 0 heterocycles. The van der Waals surface area contributed by atoms with Gasteiger partial charge in [0, 0.05) is 5.56 Å². The molecule has 3 N–H and O–H groups in total. The van der Waals surface area contributed by atoms with Crippen molar-refractivity contribution in [3.63, 3.8) is 0 Å². The van der Waals surface area contributed by atoms with E-state index in [9.17, 15) is 18.6 Å². The molecule has 0 atom stereocenters. The van der Waals surface area contributed by atoms with Gasteiger partial charge in [0.1, 0.15) is 11.5 Å². The maximum Gasteiger partial charge on any atom is 0.276 e. The molecule has 0 aliphatic heterocycles. The fraction of sp³-hybridized carbons (Fsp3) is 0. The Labute approximate surface area is 116 Å². The number of nitrogens with one attached hydrogen (secondary N) is 1. The minimum atomic E-state index is -3.75. The van der Waals surface area contributed by atoms with Gasteiger partial charge in [0.05, 0.1) is 11.1 Å². The van der Waals surface area contributed by atoms with E-state index < -0.39 is 10.0 Å². The van der Waals surface area contributed by atoms with Gasteiger partial charge < -0.3 is 10.2 Å². The first-order valence-corrected chi connectivity index (χ1v) is 7.09. The Morgan fingerprint density at radius 3 is 2.45 bits per heavy atom. The lowest BCUT2D eigenvalue weighted by molar-refractivity contribution is 0.459. The van der Waals surface area contributed by atoms with Crippen LogP contribution in [0, 0.1) is 0 Å². The van der Waals surface area contributed by atoms with E-state index in [2.05, 4.69) is 5.10 Å². The third kappa shape index (κ3) is 3.27. The van der Waals surface area contributed by atoms with Crippen molar-refractivity contribution >= 4 is 16.2 Å². The highest BCUT2D eigenvalue weighted by Crippen LogP contribution is 2.20. The van der Waals surface area contributed by atoms with Crippen LogP contribution in [0.15, 0.2) is 58.5 Å². The topological polar surface area (TPSA) is 99.0 Å². The van der Waals surface area contributed by atoms with Gasteiger partial charge in [0.15, 0.2) is 0 Å². The summed E-state index contributed by atoms with van der Waals surface area (Å²) in [5.41, 5.74) is 0.195. The molecule has 0 saturated heterocycles. The van der Waals surface area contributed by atoms with Crippen LogP contribution in [0.1, 0.15) is 5.56 Å². The van der Waals surface area contributed by atoms with Crippen LogP contribution in [-0.4, -0.2) is 24.8 Å². The summed E-state index contributed by atoms with van der Waals surface area (Å²) >= 11 is 0. The van der Waals surface area contributed by atoms with Crippen molar-refractivity contribution in [3.05, 3.63) is 54.1 Å². The molecule has 0 radical (unpaired) electrons. The molecule has 0 spiro atoms. The average molecular weight is 292 g/mol. The molecular weight excluding hydrogens is 280 g/mol. The van der Waals surface area contributed by atoms with E-state index in [0.29, 0.717) is 0 Å². The van der Waals surface area contributed by atoms with Crippen LogP contribution >= 0.6 is 0 Å². The van der Waals surface area contributed by atoms with Gasteiger partial charge in [-0.2, -0.15) is 13.5 Å². The molecule has 0 aromatic heterocycles. The Bertz CT molecular complexity index is 727. The third-order valence-corrected chi connectivity index (χ3v) is 3.68. The van der Waals surface area contributed by atoms with Crippen molar-refractivity contribution < 1.29 is 18.6 Å². The first-order chi connectivity index (χ1) is 9.49. The molecule has 0 amide bonds. The first-order valence-electron chi connectivity index (χ1n) is 5.61. The van der Waals surface area contributed by atoms with Crippen molar-refractivity contribution in [2.45, 2.75) is 4.90 Å². The highest BCUT2D eigenvalue weighted by molar-refractivity contribution is 7.89. The molecule has 7 heteroatoms. The largest absolute Gasteiger partial charge is 0.508 e. The van der Waals surface area contributed by atoms with Crippen molar-refractivity contribution in [3.8, 4) is 11.5 Å². The second kappa shape index (κ2) is 5.62. The van der Waals surface area contributed by atoms with Gasteiger partial charge in [-0.15, -0.1) is 0 Å². The van der Waals surface area contributed by atoms with Crippen LogP contribution in [-0.2, 0) is 10.0 Å². The lowest BCUT2D eigenvalue weighted by Gasteiger charge is -2.03. The zero-order valence-corrected chi connectivity index (χ0v) is 11.1. The fourth-order valence-corrected chi connectivity index (χ4v) is 2.28. The smallest absolute Gasteiger partial charge is 0.276 e. The molecule has 0 aliphatic carbocycles. The van der Waals surface area contributed by atoms with E-state index in [1.807, 2.05) is 4.83 Å². The predicted molar refractivity (Wildman–Crippen MR) is 74.1 cm³/mol. The summed E-state index contributed by atoms with van der Waals surface area (Å²) in [6, 6.07) is 11.6. The number of phenols is 2. The van der Waals surface area contributed by atoms with Crippen LogP contribution in [0.5, 0.6) is 11.5 Å². The zero-order chi connectivity index (χ0) is 14.6. The number of hydrogen-bond donors (Lipinski definition) is 3. The van der Waals surface area contributed by atoms with Gasteiger partial charge in [-0.3, -0.25) is 0 Å². The Balaban J connectivity index is 2.16. The highest BCUT2D eigenvalue weighted by Gasteiger charge is 2.11. The number of phenolic OH excluding ortho intramolecular Hbond substituents is 2. The van der Waals surface area contributed by atoms with E-state index in [1.54, 1.807) is 18.2 Å². The van der Waals surface area contributed by atoms with Gasteiger partial charge >= 0.3 is 0 Å². The maximum atomic E-state index is 11.8. The maximum absolute atomic E-state index is 11.8. The summed E-state index contributed by atoms with van der Waals surface area (Å²) in [4.78, 5) is 2.10. The summed E-state index contributed by atoms with van der Waals surface area (Å²) in [6.07, 6.45) is 1.11. The molecule has 2 aromatic carbocycles. The molecule has 6 nitrogen and oxygen atoms in total. The number of aromatic hydroxyl groups is 2. The second-order valence-corrected chi connectivity index (χ2v) is 5.57. The normalized spacial score (nSPS) is 11.6. The highest BCUT2D eigenvalue weighted by atomic mass is 32.2. The third-order valence-electron chi connectivity index (χ3n) is 2.44. The quantitative estimate of drug-likeness (QED) is 0.451. The molecule has 0 bridgehead atoms. The van der Waals surface area contributed by atoms with E-state index in [0.717, 1.165) is 6.21 Å². The van der Waals surface area contributed by atoms with Crippen molar-refractivity contribution in [1.82, 2.24) is 4.83 Å². The Hall–Kier alpha value is -2.54. The van der Waals surface area contributed by atoms with Crippen molar-refractivity contribution in [1.29, 1.82) is 0 Å². The van der Waals surface area contributed by atoms with Crippen LogP contribution in [0.25, 0.3) is 0 Å². The standard InChI is InChI=1S/C13H12N2O4S/c16-11-6-7-13(17)10(8-11)9-14-15-20(18,19)12-4-2-1-3-5-12/h1-9,15-17H/b14-9+. The number of rotatable bonds is 4. The SMILES string of the molecule is O=S(=O)(N/N=C/c1cc(O)ccc1O)c1ccccc1. The number of hydrogen-bond acceptors (Lipinski definition) is 5. The summed E-state index contributed by atoms with van der Waals surface area (Å²) in [5.74, 6) is -0.180. The van der Waals surface area contributed by atoms with Gasteiger partial charge in [-0.25, -0.2) is 4.83 Å².